The maximum absolute atomic E-state index is 11.4. The first-order valence-corrected chi connectivity index (χ1v) is 5.81. The molecule has 2 amide bonds. The standard InChI is InChI=1S/C10H17N3O4/c14-9(15)6-17-12-10(16)11-7-3-5-13-4-1-2-8(7)13/h7-8H,1-6H2,(H,14,15)(H2,11,12,16). The van der Waals surface area contributed by atoms with E-state index in [1.54, 1.807) is 0 Å². The molecule has 0 aliphatic carbocycles. The minimum absolute atomic E-state index is 0.144. The number of hydroxylamine groups is 1. The molecular formula is C10H17N3O4. The van der Waals surface area contributed by atoms with E-state index in [2.05, 4.69) is 20.5 Å². The Morgan fingerprint density at radius 3 is 2.94 bits per heavy atom. The van der Waals surface area contributed by atoms with E-state index in [1.165, 1.54) is 6.42 Å². The molecule has 2 rings (SSSR count). The highest BCUT2D eigenvalue weighted by Crippen LogP contribution is 2.27. The van der Waals surface area contributed by atoms with Gasteiger partial charge in [-0.2, -0.15) is 0 Å². The Morgan fingerprint density at radius 1 is 1.35 bits per heavy atom. The summed E-state index contributed by atoms with van der Waals surface area (Å²) in [6, 6.07) is 0.108. The molecule has 0 radical (unpaired) electrons. The molecule has 2 aliphatic heterocycles. The van der Waals surface area contributed by atoms with Gasteiger partial charge in [0.1, 0.15) is 0 Å². The molecule has 3 N–H and O–H groups in total. The number of rotatable bonds is 4. The van der Waals surface area contributed by atoms with Crippen molar-refractivity contribution in [1.29, 1.82) is 0 Å². The maximum atomic E-state index is 11.4. The maximum Gasteiger partial charge on any atom is 0.338 e. The summed E-state index contributed by atoms with van der Waals surface area (Å²) < 4.78 is 0. The molecule has 0 saturated carbocycles. The van der Waals surface area contributed by atoms with Crippen LogP contribution in [0.1, 0.15) is 19.3 Å². The normalized spacial score (nSPS) is 27.8. The summed E-state index contributed by atoms with van der Waals surface area (Å²) in [5.74, 6) is -1.12. The van der Waals surface area contributed by atoms with E-state index in [0.717, 1.165) is 25.9 Å². The van der Waals surface area contributed by atoms with Crippen LogP contribution >= 0.6 is 0 Å². The third-order valence-electron chi connectivity index (χ3n) is 3.28. The van der Waals surface area contributed by atoms with Crippen molar-refractivity contribution in [1.82, 2.24) is 15.7 Å². The van der Waals surface area contributed by atoms with Crippen LogP contribution in [0.4, 0.5) is 4.79 Å². The van der Waals surface area contributed by atoms with Gasteiger partial charge in [0.15, 0.2) is 6.61 Å². The Bertz CT molecular complexity index is 310. The molecule has 2 heterocycles. The van der Waals surface area contributed by atoms with E-state index >= 15 is 0 Å². The van der Waals surface area contributed by atoms with Gasteiger partial charge in [-0.25, -0.2) is 15.1 Å². The monoisotopic (exact) mass is 243 g/mol. The van der Waals surface area contributed by atoms with E-state index in [1.807, 2.05) is 0 Å². The van der Waals surface area contributed by atoms with Crippen molar-refractivity contribution in [2.24, 2.45) is 0 Å². The van der Waals surface area contributed by atoms with Gasteiger partial charge in [-0.3, -0.25) is 9.74 Å². The minimum Gasteiger partial charge on any atom is -0.479 e. The lowest BCUT2D eigenvalue weighted by molar-refractivity contribution is -0.144. The average molecular weight is 243 g/mol. The SMILES string of the molecule is O=C(O)CONC(=O)NC1CCN2CCCC12. The van der Waals surface area contributed by atoms with E-state index < -0.39 is 18.6 Å². The van der Waals surface area contributed by atoms with Crippen LogP contribution in [-0.2, 0) is 9.63 Å². The molecule has 7 nitrogen and oxygen atoms in total. The Labute approximate surface area is 99.1 Å². The zero-order valence-electron chi connectivity index (χ0n) is 9.52. The molecule has 2 aliphatic rings. The zero-order valence-corrected chi connectivity index (χ0v) is 9.52. The van der Waals surface area contributed by atoms with E-state index in [-0.39, 0.29) is 6.04 Å². The van der Waals surface area contributed by atoms with E-state index in [4.69, 9.17) is 5.11 Å². The number of carbonyl (C=O) groups is 2. The van der Waals surface area contributed by atoms with E-state index in [9.17, 15) is 9.59 Å². The first-order valence-electron chi connectivity index (χ1n) is 5.81. The highest BCUT2D eigenvalue weighted by molar-refractivity contribution is 5.73. The predicted octanol–water partition coefficient (Wildman–Crippen LogP) is -0.461. The highest BCUT2D eigenvalue weighted by atomic mass is 16.7. The van der Waals surface area contributed by atoms with Crippen molar-refractivity contribution in [3.63, 3.8) is 0 Å². The van der Waals surface area contributed by atoms with Crippen molar-refractivity contribution >= 4 is 12.0 Å². The topological polar surface area (TPSA) is 90.9 Å². The number of nitrogens with zero attached hydrogens (tertiary/aromatic N) is 1. The smallest absolute Gasteiger partial charge is 0.338 e. The fraction of sp³-hybridized carbons (Fsp3) is 0.800. The number of amides is 2. The van der Waals surface area contributed by atoms with Gasteiger partial charge in [0.05, 0.1) is 0 Å². The molecule has 0 aromatic rings. The lowest BCUT2D eigenvalue weighted by Gasteiger charge is -2.21. The lowest BCUT2D eigenvalue weighted by atomic mass is 10.1. The van der Waals surface area contributed by atoms with Crippen LogP contribution in [0.15, 0.2) is 0 Å². The van der Waals surface area contributed by atoms with Crippen molar-refractivity contribution in [2.75, 3.05) is 19.7 Å². The first kappa shape index (κ1) is 12.1. The summed E-state index contributed by atoms with van der Waals surface area (Å²) in [7, 11) is 0. The predicted molar refractivity (Wildman–Crippen MR) is 58.3 cm³/mol. The van der Waals surface area contributed by atoms with Crippen LogP contribution < -0.4 is 10.8 Å². The molecule has 0 aromatic heterocycles. The first-order chi connectivity index (χ1) is 8.16. The Hall–Kier alpha value is -1.34. The molecule has 0 spiro atoms. The summed E-state index contributed by atoms with van der Waals surface area (Å²) >= 11 is 0. The van der Waals surface area contributed by atoms with Gasteiger partial charge in [0, 0.05) is 18.6 Å². The number of aliphatic carboxylic acids is 1. The van der Waals surface area contributed by atoms with Crippen molar-refractivity contribution in [2.45, 2.75) is 31.3 Å². The minimum atomic E-state index is -1.12. The number of carbonyl (C=O) groups excluding carboxylic acids is 1. The van der Waals surface area contributed by atoms with Crippen LogP contribution in [-0.4, -0.2) is 53.8 Å². The lowest BCUT2D eigenvalue weighted by Crippen LogP contribution is -2.47. The number of hydrogen-bond acceptors (Lipinski definition) is 4. The number of urea groups is 1. The Morgan fingerprint density at radius 2 is 2.18 bits per heavy atom. The Balaban J connectivity index is 1.70. The highest BCUT2D eigenvalue weighted by Gasteiger charge is 2.37. The number of fused-ring (bicyclic) bond motifs is 1. The van der Waals surface area contributed by atoms with Crippen molar-refractivity contribution in [3.8, 4) is 0 Å². The summed E-state index contributed by atoms with van der Waals surface area (Å²) in [4.78, 5) is 28.5. The van der Waals surface area contributed by atoms with Gasteiger partial charge >= 0.3 is 12.0 Å². The summed E-state index contributed by atoms with van der Waals surface area (Å²) in [5.41, 5.74) is 2.07. The Kier molecular flexibility index (Phi) is 3.80. The van der Waals surface area contributed by atoms with E-state index in [0.29, 0.717) is 6.04 Å². The molecule has 2 atom stereocenters. The molecule has 7 heteroatoms. The second kappa shape index (κ2) is 5.33. The van der Waals surface area contributed by atoms with Gasteiger partial charge in [-0.1, -0.05) is 0 Å². The van der Waals surface area contributed by atoms with Gasteiger partial charge in [0.2, 0.25) is 0 Å². The average Bonchev–Trinajstić information content (AvgIpc) is 2.82. The summed E-state index contributed by atoms with van der Waals surface area (Å²) in [6.07, 6.45) is 3.23. The molecule has 0 aromatic carbocycles. The molecule has 17 heavy (non-hydrogen) atoms. The van der Waals surface area contributed by atoms with Crippen LogP contribution in [0.5, 0.6) is 0 Å². The van der Waals surface area contributed by atoms with Crippen molar-refractivity contribution in [3.05, 3.63) is 0 Å². The quantitative estimate of drug-likeness (QED) is 0.581. The fourth-order valence-corrected chi connectivity index (χ4v) is 2.61. The summed E-state index contributed by atoms with van der Waals surface area (Å²) in [5, 5.41) is 11.1. The van der Waals surface area contributed by atoms with Crippen LogP contribution in [0, 0.1) is 0 Å². The zero-order chi connectivity index (χ0) is 12.3. The molecule has 2 fully saturated rings. The molecule has 2 unspecified atom stereocenters. The van der Waals surface area contributed by atoms with Gasteiger partial charge in [-0.15, -0.1) is 0 Å². The number of carboxylic acid groups (broad SMARTS) is 1. The van der Waals surface area contributed by atoms with Crippen LogP contribution in [0.2, 0.25) is 0 Å². The largest absolute Gasteiger partial charge is 0.479 e. The molecule has 2 saturated heterocycles. The number of nitrogens with one attached hydrogen (secondary N) is 2. The third kappa shape index (κ3) is 3.07. The molecular weight excluding hydrogens is 226 g/mol. The van der Waals surface area contributed by atoms with Gasteiger partial charge in [0.25, 0.3) is 0 Å². The second-order valence-corrected chi connectivity index (χ2v) is 4.40. The van der Waals surface area contributed by atoms with Gasteiger partial charge in [-0.05, 0) is 25.8 Å². The molecule has 96 valence electrons. The number of carboxylic acids is 1. The molecule has 0 bridgehead atoms. The third-order valence-corrected chi connectivity index (χ3v) is 3.28. The summed E-state index contributed by atoms with van der Waals surface area (Å²) in [6.45, 7) is 1.60. The van der Waals surface area contributed by atoms with Crippen LogP contribution in [0.25, 0.3) is 0 Å². The van der Waals surface area contributed by atoms with Crippen molar-refractivity contribution < 1.29 is 19.5 Å². The second-order valence-electron chi connectivity index (χ2n) is 4.40. The number of hydrogen-bond donors (Lipinski definition) is 3. The van der Waals surface area contributed by atoms with Crippen LogP contribution in [0.3, 0.4) is 0 Å². The van der Waals surface area contributed by atoms with Gasteiger partial charge < -0.3 is 10.4 Å². The fourth-order valence-electron chi connectivity index (χ4n) is 2.61.